The molecule has 0 saturated carbocycles. The van der Waals surface area contributed by atoms with Crippen LogP contribution < -0.4 is 0 Å². The van der Waals surface area contributed by atoms with Crippen molar-refractivity contribution in [1.29, 1.82) is 0 Å². The monoisotopic (exact) mass is 130 g/mol. The average molecular weight is 130 g/mol. The van der Waals surface area contributed by atoms with Gasteiger partial charge in [-0.2, -0.15) is 0 Å². The van der Waals surface area contributed by atoms with Gasteiger partial charge in [0.2, 0.25) is 0 Å². The molecule has 0 bridgehead atoms. The number of hydrogen-bond donors (Lipinski definition) is 1. The fourth-order valence-electron chi connectivity index (χ4n) is 0.479. The van der Waals surface area contributed by atoms with Gasteiger partial charge in [-0.3, -0.25) is 5.26 Å². The van der Waals surface area contributed by atoms with Gasteiger partial charge in [0.05, 0.1) is 0 Å². The minimum absolute atomic E-state index is 0.298. The van der Waals surface area contributed by atoms with Crippen LogP contribution in [-0.4, -0.2) is 11.9 Å². The smallest absolute Gasteiger partial charge is 0.100 e. The van der Waals surface area contributed by atoms with Crippen molar-refractivity contribution >= 4 is 0 Å². The highest BCUT2D eigenvalue weighted by Crippen LogP contribution is 1.98. The Labute approximate surface area is 56.1 Å². The molecule has 0 aromatic heterocycles. The van der Waals surface area contributed by atoms with Crippen molar-refractivity contribution in [1.82, 2.24) is 0 Å². The standard InChI is InChI=1S/C7H14O2/c1-7(2)5-3-4-6-9-8/h3-4,7-8H,5-6H2,1-2H3. The molecule has 9 heavy (non-hydrogen) atoms. The van der Waals surface area contributed by atoms with E-state index in [-0.39, 0.29) is 0 Å². The summed E-state index contributed by atoms with van der Waals surface area (Å²) in [7, 11) is 0. The first-order valence-corrected chi connectivity index (χ1v) is 3.18. The Kier molecular flexibility index (Phi) is 5.57. The zero-order valence-electron chi connectivity index (χ0n) is 6.00. The first-order chi connectivity index (χ1) is 4.27. The second-order valence-corrected chi connectivity index (χ2v) is 2.40. The molecule has 0 aliphatic carbocycles. The van der Waals surface area contributed by atoms with E-state index in [2.05, 4.69) is 18.7 Å². The Bertz CT molecular complexity index is 77.0. The first kappa shape index (κ1) is 8.66. The molecule has 0 amide bonds. The summed E-state index contributed by atoms with van der Waals surface area (Å²) in [5, 5.41) is 7.88. The molecule has 0 aromatic carbocycles. The van der Waals surface area contributed by atoms with Crippen molar-refractivity contribution < 1.29 is 10.1 Å². The molecule has 0 aromatic rings. The molecule has 2 heteroatoms. The van der Waals surface area contributed by atoms with Gasteiger partial charge in [0.15, 0.2) is 0 Å². The quantitative estimate of drug-likeness (QED) is 0.358. The lowest BCUT2D eigenvalue weighted by molar-refractivity contribution is -0.231. The van der Waals surface area contributed by atoms with Crippen LogP contribution in [0.25, 0.3) is 0 Å². The fraction of sp³-hybridized carbons (Fsp3) is 0.714. The maximum atomic E-state index is 7.88. The van der Waals surface area contributed by atoms with Gasteiger partial charge in [-0.1, -0.05) is 26.0 Å². The van der Waals surface area contributed by atoms with Crippen molar-refractivity contribution in [3.05, 3.63) is 12.2 Å². The number of allylic oxidation sites excluding steroid dienone is 1. The summed E-state index contributed by atoms with van der Waals surface area (Å²) in [5.74, 6) is 0.681. The van der Waals surface area contributed by atoms with Crippen LogP contribution in [0.2, 0.25) is 0 Å². The second-order valence-electron chi connectivity index (χ2n) is 2.40. The summed E-state index contributed by atoms with van der Waals surface area (Å²) in [6.07, 6.45) is 4.85. The molecule has 2 nitrogen and oxygen atoms in total. The van der Waals surface area contributed by atoms with E-state index in [1.807, 2.05) is 6.08 Å². The molecular weight excluding hydrogens is 116 g/mol. The molecule has 0 aliphatic heterocycles. The molecule has 0 spiro atoms. The van der Waals surface area contributed by atoms with E-state index < -0.39 is 0 Å². The normalized spacial score (nSPS) is 11.6. The highest BCUT2D eigenvalue weighted by atomic mass is 17.1. The van der Waals surface area contributed by atoms with Crippen LogP contribution >= 0.6 is 0 Å². The van der Waals surface area contributed by atoms with Crippen LogP contribution in [0.15, 0.2) is 12.2 Å². The minimum atomic E-state index is 0.298. The van der Waals surface area contributed by atoms with E-state index in [4.69, 9.17) is 5.26 Å². The second kappa shape index (κ2) is 5.79. The third-order valence-corrected chi connectivity index (χ3v) is 0.945. The Morgan fingerprint density at radius 2 is 2.11 bits per heavy atom. The van der Waals surface area contributed by atoms with Gasteiger partial charge in [-0.25, -0.2) is 4.89 Å². The fourth-order valence-corrected chi connectivity index (χ4v) is 0.479. The van der Waals surface area contributed by atoms with Crippen molar-refractivity contribution in [2.45, 2.75) is 20.3 Å². The SMILES string of the molecule is CC(C)CC=CCOO. The molecule has 1 N–H and O–H groups in total. The lowest BCUT2D eigenvalue weighted by Gasteiger charge is -1.95. The summed E-state index contributed by atoms with van der Waals surface area (Å²) >= 11 is 0. The third-order valence-electron chi connectivity index (χ3n) is 0.945. The maximum Gasteiger partial charge on any atom is 0.100 e. The molecule has 0 fully saturated rings. The Balaban J connectivity index is 3.04. The largest absolute Gasteiger partial charge is 0.252 e. The van der Waals surface area contributed by atoms with Crippen LogP contribution in [0.3, 0.4) is 0 Å². The van der Waals surface area contributed by atoms with Crippen molar-refractivity contribution in [3.63, 3.8) is 0 Å². The lowest BCUT2D eigenvalue weighted by atomic mass is 10.1. The Morgan fingerprint density at radius 3 is 2.56 bits per heavy atom. The van der Waals surface area contributed by atoms with Gasteiger partial charge in [-0.15, -0.1) is 0 Å². The summed E-state index contributed by atoms with van der Waals surface area (Å²) in [4.78, 5) is 3.84. The lowest BCUT2D eigenvalue weighted by Crippen LogP contribution is -1.84. The summed E-state index contributed by atoms with van der Waals surface area (Å²) < 4.78 is 0. The van der Waals surface area contributed by atoms with Gasteiger partial charge < -0.3 is 0 Å². The van der Waals surface area contributed by atoms with Crippen molar-refractivity contribution in [3.8, 4) is 0 Å². The Morgan fingerprint density at radius 1 is 1.44 bits per heavy atom. The van der Waals surface area contributed by atoms with Gasteiger partial charge in [0.25, 0.3) is 0 Å². The average Bonchev–Trinajstić information content (AvgIpc) is 1.80. The predicted molar refractivity (Wildman–Crippen MR) is 37.2 cm³/mol. The molecule has 0 rings (SSSR count). The molecule has 54 valence electrons. The van der Waals surface area contributed by atoms with E-state index in [0.717, 1.165) is 6.42 Å². The molecule has 0 aliphatic rings. The molecular formula is C7H14O2. The van der Waals surface area contributed by atoms with Gasteiger partial charge in [0.1, 0.15) is 6.61 Å². The van der Waals surface area contributed by atoms with Crippen LogP contribution in [0.1, 0.15) is 20.3 Å². The summed E-state index contributed by atoms with van der Waals surface area (Å²) in [6, 6.07) is 0. The van der Waals surface area contributed by atoms with Crippen molar-refractivity contribution in [2.75, 3.05) is 6.61 Å². The minimum Gasteiger partial charge on any atom is -0.252 e. The van der Waals surface area contributed by atoms with E-state index in [9.17, 15) is 0 Å². The highest BCUT2D eigenvalue weighted by molar-refractivity contribution is 4.81. The zero-order valence-corrected chi connectivity index (χ0v) is 6.00. The van der Waals surface area contributed by atoms with Crippen molar-refractivity contribution in [2.24, 2.45) is 5.92 Å². The predicted octanol–water partition coefficient (Wildman–Crippen LogP) is 2.08. The van der Waals surface area contributed by atoms with E-state index >= 15 is 0 Å². The first-order valence-electron chi connectivity index (χ1n) is 3.18. The van der Waals surface area contributed by atoms with E-state index in [1.54, 1.807) is 6.08 Å². The van der Waals surface area contributed by atoms with Crippen LogP contribution in [0.4, 0.5) is 0 Å². The molecule has 0 atom stereocenters. The van der Waals surface area contributed by atoms with E-state index in [1.165, 1.54) is 0 Å². The number of hydrogen-bond acceptors (Lipinski definition) is 2. The molecule has 0 radical (unpaired) electrons. The molecule has 0 unspecified atom stereocenters. The summed E-state index contributed by atoms with van der Waals surface area (Å²) in [5.41, 5.74) is 0. The van der Waals surface area contributed by atoms with Gasteiger partial charge in [0, 0.05) is 0 Å². The third kappa shape index (κ3) is 7.66. The maximum absolute atomic E-state index is 7.88. The zero-order chi connectivity index (χ0) is 7.11. The highest BCUT2D eigenvalue weighted by Gasteiger charge is 1.85. The molecule has 0 heterocycles. The van der Waals surface area contributed by atoms with Crippen LogP contribution in [0.5, 0.6) is 0 Å². The van der Waals surface area contributed by atoms with Crippen LogP contribution in [-0.2, 0) is 4.89 Å². The van der Waals surface area contributed by atoms with Gasteiger partial charge in [-0.05, 0) is 12.3 Å². The number of rotatable bonds is 4. The topological polar surface area (TPSA) is 29.5 Å². The van der Waals surface area contributed by atoms with Crippen LogP contribution in [0, 0.1) is 5.92 Å². The summed E-state index contributed by atoms with van der Waals surface area (Å²) in [6.45, 7) is 4.58. The Hall–Kier alpha value is -0.340. The van der Waals surface area contributed by atoms with Gasteiger partial charge >= 0.3 is 0 Å². The van der Waals surface area contributed by atoms with E-state index in [0.29, 0.717) is 12.5 Å². The molecule has 0 saturated heterocycles.